The molecule has 0 heterocycles. The van der Waals surface area contributed by atoms with E-state index in [2.05, 4.69) is 0 Å². The molecule has 0 aromatic heterocycles. The normalized spacial score (nSPS) is 9.86. The molecule has 0 spiro atoms. The highest BCUT2D eigenvalue weighted by Gasteiger charge is 2.13. The second kappa shape index (κ2) is 4.57. The van der Waals surface area contributed by atoms with Crippen molar-refractivity contribution < 1.29 is 14.8 Å². The third-order valence-electron chi connectivity index (χ3n) is 1.87. The maximum absolute atomic E-state index is 10.6. The average molecular weight is 197 g/mol. The van der Waals surface area contributed by atoms with Crippen molar-refractivity contribution in [2.75, 3.05) is 13.7 Å². The number of ether oxygens (including phenoxy) is 1. The molecule has 14 heavy (non-hydrogen) atoms. The molecule has 0 fully saturated rings. The van der Waals surface area contributed by atoms with Crippen molar-refractivity contribution in [1.29, 1.82) is 0 Å². The zero-order valence-corrected chi connectivity index (χ0v) is 7.77. The fraction of sp³-hybridized carbons (Fsp3) is 0.333. The van der Waals surface area contributed by atoms with E-state index in [4.69, 9.17) is 9.84 Å². The number of benzene rings is 1. The first-order chi connectivity index (χ1) is 6.69. The first-order valence-corrected chi connectivity index (χ1v) is 4.11. The Morgan fingerprint density at radius 3 is 2.79 bits per heavy atom. The van der Waals surface area contributed by atoms with Gasteiger partial charge in [-0.2, -0.15) is 0 Å². The van der Waals surface area contributed by atoms with E-state index in [9.17, 15) is 10.1 Å². The van der Waals surface area contributed by atoms with Gasteiger partial charge in [-0.1, -0.05) is 0 Å². The number of rotatable bonds is 4. The van der Waals surface area contributed by atoms with Gasteiger partial charge in [-0.25, -0.2) is 0 Å². The Kier molecular flexibility index (Phi) is 3.41. The summed E-state index contributed by atoms with van der Waals surface area (Å²) in [5.41, 5.74) is 0.497. The SMILES string of the molecule is COc1ccc(CCO)c([N+](=O)[O-])c1. The smallest absolute Gasteiger partial charge is 0.276 e. The summed E-state index contributed by atoms with van der Waals surface area (Å²) in [6.45, 7) is -0.104. The number of hydrogen-bond acceptors (Lipinski definition) is 4. The Balaban J connectivity index is 3.10. The summed E-state index contributed by atoms with van der Waals surface area (Å²) in [5, 5.41) is 19.3. The Morgan fingerprint density at radius 2 is 2.29 bits per heavy atom. The standard InChI is InChI=1S/C9H11NO4/c1-14-8-3-2-7(4-5-11)9(6-8)10(12)13/h2-3,6,11H,4-5H2,1H3. The zero-order chi connectivity index (χ0) is 10.6. The van der Waals surface area contributed by atoms with E-state index in [1.54, 1.807) is 12.1 Å². The van der Waals surface area contributed by atoms with Crippen LogP contribution in [0, 0.1) is 10.1 Å². The van der Waals surface area contributed by atoms with E-state index in [0.717, 1.165) is 0 Å². The van der Waals surface area contributed by atoms with E-state index in [0.29, 0.717) is 11.3 Å². The number of nitro groups is 1. The van der Waals surface area contributed by atoms with Crippen molar-refractivity contribution in [3.05, 3.63) is 33.9 Å². The van der Waals surface area contributed by atoms with Gasteiger partial charge in [-0.3, -0.25) is 10.1 Å². The van der Waals surface area contributed by atoms with Gasteiger partial charge >= 0.3 is 0 Å². The predicted molar refractivity (Wildman–Crippen MR) is 50.4 cm³/mol. The van der Waals surface area contributed by atoms with Crippen LogP contribution < -0.4 is 4.74 Å². The van der Waals surface area contributed by atoms with Crippen LogP contribution in [-0.2, 0) is 6.42 Å². The molecule has 5 nitrogen and oxygen atoms in total. The van der Waals surface area contributed by atoms with Gasteiger partial charge in [0.25, 0.3) is 5.69 Å². The van der Waals surface area contributed by atoms with Crippen LogP contribution in [0.3, 0.4) is 0 Å². The van der Waals surface area contributed by atoms with Crippen LogP contribution in [0.5, 0.6) is 5.75 Å². The molecule has 0 aliphatic heterocycles. The number of nitrogens with zero attached hydrogens (tertiary/aromatic N) is 1. The Morgan fingerprint density at radius 1 is 1.57 bits per heavy atom. The molecule has 0 saturated heterocycles. The summed E-state index contributed by atoms with van der Waals surface area (Å²) in [6, 6.07) is 4.58. The molecular formula is C9H11NO4. The topological polar surface area (TPSA) is 72.6 Å². The first-order valence-electron chi connectivity index (χ1n) is 4.11. The van der Waals surface area contributed by atoms with E-state index in [-0.39, 0.29) is 18.7 Å². The third kappa shape index (κ3) is 2.20. The lowest BCUT2D eigenvalue weighted by Crippen LogP contribution is -1.98. The molecule has 0 amide bonds. The van der Waals surface area contributed by atoms with Crippen LogP contribution in [0.25, 0.3) is 0 Å². The van der Waals surface area contributed by atoms with Gasteiger partial charge in [0.15, 0.2) is 0 Å². The third-order valence-corrected chi connectivity index (χ3v) is 1.87. The molecule has 0 atom stereocenters. The number of hydrogen-bond donors (Lipinski definition) is 1. The molecule has 0 unspecified atom stereocenters. The minimum absolute atomic E-state index is 0.0154. The van der Waals surface area contributed by atoms with E-state index >= 15 is 0 Å². The molecule has 1 aromatic rings. The van der Waals surface area contributed by atoms with Crippen molar-refractivity contribution in [2.45, 2.75) is 6.42 Å². The number of methoxy groups -OCH3 is 1. The summed E-state index contributed by atoms with van der Waals surface area (Å²) in [5.74, 6) is 0.443. The lowest BCUT2D eigenvalue weighted by atomic mass is 10.1. The van der Waals surface area contributed by atoms with Gasteiger partial charge in [-0.15, -0.1) is 0 Å². The van der Waals surface area contributed by atoms with Crippen LogP contribution >= 0.6 is 0 Å². The summed E-state index contributed by atoms with van der Waals surface area (Å²) < 4.78 is 4.87. The second-order valence-electron chi connectivity index (χ2n) is 2.73. The molecule has 0 saturated carbocycles. The highest BCUT2D eigenvalue weighted by molar-refractivity contribution is 5.46. The maximum atomic E-state index is 10.6. The summed E-state index contributed by atoms with van der Waals surface area (Å²) in [6.07, 6.45) is 0.278. The molecule has 76 valence electrons. The van der Waals surface area contributed by atoms with E-state index in [1.807, 2.05) is 0 Å². The average Bonchev–Trinajstić information content (AvgIpc) is 2.18. The van der Waals surface area contributed by atoms with Crippen molar-refractivity contribution in [1.82, 2.24) is 0 Å². The fourth-order valence-electron chi connectivity index (χ4n) is 1.17. The zero-order valence-electron chi connectivity index (χ0n) is 7.77. The molecule has 0 aliphatic carbocycles. The fourth-order valence-corrected chi connectivity index (χ4v) is 1.17. The Bertz CT molecular complexity index is 338. The van der Waals surface area contributed by atoms with Crippen LogP contribution in [0.1, 0.15) is 5.56 Å². The number of aliphatic hydroxyl groups excluding tert-OH is 1. The van der Waals surface area contributed by atoms with Crippen molar-refractivity contribution >= 4 is 5.69 Å². The van der Waals surface area contributed by atoms with Crippen LogP contribution in [-0.4, -0.2) is 23.7 Å². The predicted octanol–water partition coefficient (Wildman–Crippen LogP) is 1.14. The van der Waals surface area contributed by atoms with Gasteiger partial charge < -0.3 is 9.84 Å². The van der Waals surface area contributed by atoms with Crippen molar-refractivity contribution in [2.24, 2.45) is 0 Å². The minimum atomic E-state index is -0.479. The molecule has 1 N–H and O–H groups in total. The summed E-state index contributed by atoms with van der Waals surface area (Å²) >= 11 is 0. The molecule has 0 radical (unpaired) electrons. The van der Waals surface area contributed by atoms with Crippen LogP contribution in [0.2, 0.25) is 0 Å². The first kappa shape index (κ1) is 10.5. The lowest BCUT2D eigenvalue weighted by molar-refractivity contribution is -0.385. The number of nitro benzene ring substituents is 1. The largest absolute Gasteiger partial charge is 0.497 e. The maximum Gasteiger partial charge on any atom is 0.276 e. The Labute approximate surface area is 81.1 Å². The lowest BCUT2D eigenvalue weighted by Gasteiger charge is -2.03. The van der Waals surface area contributed by atoms with Crippen LogP contribution in [0.4, 0.5) is 5.69 Å². The van der Waals surface area contributed by atoms with E-state index < -0.39 is 4.92 Å². The molecule has 0 bridgehead atoms. The Hall–Kier alpha value is -1.62. The van der Waals surface area contributed by atoms with E-state index in [1.165, 1.54) is 13.2 Å². The molecule has 1 aromatic carbocycles. The second-order valence-corrected chi connectivity index (χ2v) is 2.73. The molecule has 0 aliphatic rings. The van der Waals surface area contributed by atoms with Crippen LogP contribution in [0.15, 0.2) is 18.2 Å². The van der Waals surface area contributed by atoms with Gasteiger partial charge in [0.05, 0.1) is 18.1 Å². The highest BCUT2D eigenvalue weighted by Crippen LogP contribution is 2.24. The molecular weight excluding hydrogens is 186 g/mol. The monoisotopic (exact) mass is 197 g/mol. The summed E-state index contributed by atoms with van der Waals surface area (Å²) in [7, 11) is 1.45. The van der Waals surface area contributed by atoms with Crippen molar-refractivity contribution in [3.63, 3.8) is 0 Å². The van der Waals surface area contributed by atoms with Crippen molar-refractivity contribution in [3.8, 4) is 5.75 Å². The minimum Gasteiger partial charge on any atom is -0.497 e. The quantitative estimate of drug-likeness (QED) is 0.580. The van der Waals surface area contributed by atoms with Gasteiger partial charge in [0, 0.05) is 18.6 Å². The van der Waals surface area contributed by atoms with Gasteiger partial charge in [0.2, 0.25) is 0 Å². The summed E-state index contributed by atoms with van der Waals surface area (Å²) in [4.78, 5) is 10.2. The molecule has 5 heteroatoms. The van der Waals surface area contributed by atoms with Gasteiger partial charge in [0.1, 0.15) is 5.75 Å². The number of aliphatic hydroxyl groups is 1. The van der Waals surface area contributed by atoms with Gasteiger partial charge in [-0.05, 0) is 12.1 Å². The highest BCUT2D eigenvalue weighted by atomic mass is 16.6. The molecule has 1 rings (SSSR count).